The molecule has 0 N–H and O–H groups in total. The largest absolute Gasteiger partial charge is 0.395 e. The topological polar surface area (TPSA) is 21.6 Å². The monoisotopic (exact) mass is 112 g/mol. The number of nitrogens with zero attached hydrogens (tertiary/aromatic N) is 1. The van der Waals surface area contributed by atoms with Crippen LogP contribution in [0.4, 0.5) is 0 Å². The van der Waals surface area contributed by atoms with Crippen LogP contribution in [0.2, 0.25) is 0 Å². The highest BCUT2D eigenvalue weighted by Gasteiger charge is 2.17. The Labute approximate surface area is 49.5 Å². The first-order chi connectivity index (χ1) is 3.93. The molecule has 0 aromatic carbocycles. The van der Waals surface area contributed by atoms with Crippen molar-refractivity contribution in [3.05, 3.63) is 0 Å². The van der Waals surface area contributed by atoms with Crippen LogP contribution in [0.25, 0.3) is 0 Å². The molecule has 1 radical (unpaired) electrons. The van der Waals surface area contributed by atoms with Crippen molar-refractivity contribution in [1.29, 1.82) is 0 Å². The Kier molecular flexibility index (Phi) is 1.89. The molecule has 0 aromatic rings. The fourth-order valence-electron chi connectivity index (χ4n) is 0.808. The van der Waals surface area contributed by atoms with E-state index in [4.69, 9.17) is 6.72 Å². The van der Waals surface area contributed by atoms with E-state index in [0.29, 0.717) is 0 Å². The molecule has 0 spiro atoms. The minimum atomic E-state index is 0.719. The van der Waals surface area contributed by atoms with Crippen molar-refractivity contribution in [3.63, 3.8) is 0 Å². The van der Waals surface area contributed by atoms with E-state index in [1.165, 1.54) is 19.3 Å². The molecule has 0 aliphatic heterocycles. The predicted molar refractivity (Wildman–Crippen MR) is 31.8 cm³/mol. The van der Waals surface area contributed by atoms with E-state index in [9.17, 15) is 0 Å². The number of hydrogen-bond acceptors (Lipinski definition) is 2. The molecule has 0 atom stereocenters. The average Bonchev–Trinajstić information content (AvgIpc) is 1.63. The highest BCUT2D eigenvalue weighted by atomic mass is 16.6. The summed E-state index contributed by atoms with van der Waals surface area (Å²) in [6.07, 6.45) is 3.92. The standard InChI is InChI=1S/C6H10NO/c1-7-8-5-6-3-2-4-6/h1,6H,2-5H2. The molecule has 8 heavy (non-hydrogen) atoms. The minimum absolute atomic E-state index is 0.719. The fourth-order valence-corrected chi connectivity index (χ4v) is 0.808. The summed E-state index contributed by atoms with van der Waals surface area (Å²) in [5.74, 6) is 0.738. The summed E-state index contributed by atoms with van der Waals surface area (Å²) in [6, 6.07) is 0. The van der Waals surface area contributed by atoms with Crippen LogP contribution >= 0.6 is 0 Å². The van der Waals surface area contributed by atoms with E-state index in [1.807, 2.05) is 0 Å². The Morgan fingerprint density at radius 2 is 2.38 bits per heavy atom. The number of rotatable bonds is 3. The minimum Gasteiger partial charge on any atom is -0.395 e. The summed E-state index contributed by atoms with van der Waals surface area (Å²) >= 11 is 0. The van der Waals surface area contributed by atoms with E-state index < -0.39 is 0 Å². The molecule has 0 saturated heterocycles. The third kappa shape index (κ3) is 1.22. The van der Waals surface area contributed by atoms with E-state index in [0.717, 1.165) is 12.5 Å². The second-order valence-corrected chi connectivity index (χ2v) is 2.20. The molecule has 1 aliphatic rings. The van der Waals surface area contributed by atoms with Gasteiger partial charge in [0, 0.05) is 0 Å². The lowest BCUT2D eigenvalue weighted by Crippen LogP contribution is -2.15. The summed E-state index contributed by atoms with van der Waals surface area (Å²) in [4.78, 5) is 4.64. The van der Waals surface area contributed by atoms with Crippen molar-refractivity contribution in [1.82, 2.24) is 0 Å². The molecule has 0 bridgehead atoms. The van der Waals surface area contributed by atoms with E-state index in [-0.39, 0.29) is 0 Å². The molecule has 0 unspecified atom stereocenters. The average molecular weight is 112 g/mol. The van der Waals surface area contributed by atoms with Gasteiger partial charge < -0.3 is 4.84 Å². The molecular formula is C6H10NO. The van der Waals surface area contributed by atoms with Crippen molar-refractivity contribution in [2.45, 2.75) is 19.3 Å². The van der Waals surface area contributed by atoms with Gasteiger partial charge >= 0.3 is 0 Å². The lowest BCUT2D eigenvalue weighted by atomic mass is 9.86. The van der Waals surface area contributed by atoms with Crippen LogP contribution in [0.5, 0.6) is 0 Å². The molecule has 1 saturated carbocycles. The highest BCUT2D eigenvalue weighted by molar-refractivity contribution is 5.21. The Hall–Kier alpha value is -0.530. The zero-order valence-corrected chi connectivity index (χ0v) is 4.84. The van der Waals surface area contributed by atoms with Crippen LogP contribution in [-0.4, -0.2) is 13.3 Å². The summed E-state index contributed by atoms with van der Waals surface area (Å²) < 4.78 is 0. The lowest BCUT2D eigenvalue weighted by Gasteiger charge is -2.22. The van der Waals surface area contributed by atoms with E-state index >= 15 is 0 Å². The molecule has 0 aromatic heterocycles. The Bertz CT molecular complexity index is 78.6. The van der Waals surface area contributed by atoms with Gasteiger partial charge in [-0.15, -0.1) is 0 Å². The zero-order chi connectivity index (χ0) is 5.82. The third-order valence-electron chi connectivity index (χ3n) is 1.61. The molecule has 0 heterocycles. The van der Waals surface area contributed by atoms with Crippen LogP contribution < -0.4 is 0 Å². The summed E-state index contributed by atoms with van der Waals surface area (Å²) in [5, 5.41) is 3.06. The fraction of sp³-hybridized carbons (Fsp3) is 0.833. The second-order valence-electron chi connectivity index (χ2n) is 2.20. The summed E-state index contributed by atoms with van der Waals surface area (Å²) in [6.45, 7) is 5.48. The maximum atomic E-state index is 4.76. The SMILES string of the molecule is [CH]=NOCC1CCC1. The second kappa shape index (κ2) is 2.70. The number of hydrogen-bond donors (Lipinski definition) is 0. The van der Waals surface area contributed by atoms with Crippen LogP contribution in [0, 0.1) is 5.92 Å². The lowest BCUT2D eigenvalue weighted by molar-refractivity contribution is 0.0775. The molecule has 2 nitrogen and oxygen atoms in total. The van der Waals surface area contributed by atoms with Gasteiger partial charge in [0.1, 0.15) is 6.61 Å². The first-order valence-electron chi connectivity index (χ1n) is 2.95. The van der Waals surface area contributed by atoms with E-state index in [2.05, 4.69) is 9.99 Å². The molecule has 45 valence electrons. The van der Waals surface area contributed by atoms with Crippen molar-refractivity contribution >= 4 is 6.72 Å². The van der Waals surface area contributed by atoms with Crippen LogP contribution in [-0.2, 0) is 4.84 Å². The molecule has 2 heteroatoms. The normalized spacial score (nSPS) is 19.5. The van der Waals surface area contributed by atoms with Gasteiger partial charge in [-0.2, -0.15) is 0 Å². The summed E-state index contributed by atoms with van der Waals surface area (Å²) in [5.41, 5.74) is 0. The van der Waals surface area contributed by atoms with Gasteiger partial charge in [-0.3, -0.25) is 0 Å². The van der Waals surface area contributed by atoms with Crippen molar-refractivity contribution in [2.75, 3.05) is 6.61 Å². The van der Waals surface area contributed by atoms with Gasteiger partial charge in [0.25, 0.3) is 0 Å². The van der Waals surface area contributed by atoms with Gasteiger partial charge in [-0.1, -0.05) is 11.6 Å². The van der Waals surface area contributed by atoms with Gasteiger partial charge in [0.2, 0.25) is 0 Å². The molecule has 1 rings (SSSR count). The van der Waals surface area contributed by atoms with Crippen molar-refractivity contribution < 1.29 is 4.84 Å². The Balaban J connectivity index is 1.93. The van der Waals surface area contributed by atoms with Gasteiger partial charge in [0.15, 0.2) is 0 Å². The van der Waals surface area contributed by atoms with Crippen molar-refractivity contribution in [3.8, 4) is 0 Å². The summed E-state index contributed by atoms with van der Waals surface area (Å²) in [7, 11) is 0. The van der Waals surface area contributed by atoms with Crippen LogP contribution in [0.3, 0.4) is 0 Å². The van der Waals surface area contributed by atoms with Crippen LogP contribution in [0.15, 0.2) is 5.16 Å². The van der Waals surface area contributed by atoms with Crippen LogP contribution in [0.1, 0.15) is 19.3 Å². The van der Waals surface area contributed by atoms with Gasteiger partial charge in [0.05, 0.1) is 6.72 Å². The maximum absolute atomic E-state index is 4.76. The third-order valence-corrected chi connectivity index (χ3v) is 1.61. The predicted octanol–water partition coefficient (Wildman–Crippen LogP) is 1.30. The quantitative estimate of drug-likeness (QED) is 0.398. The molecule has 1 fully saturated rings. The smallest absolute Gasteiger partial charge is 0.120 e. The Morgan fingerprint density at radius 1 is 1.62 bits per heavy atom. The zero-order valence-electron chi connectivity index (χ0n) is 4.84. The maximum Gasteiger partial charge on any atom is 0.120 e. The first-order valence-corrected chi connectivity index (χ1v) is 2.95. The van der Waals surface area contributed by atoms with Gasteiger partial charge in [-0.05, 0) is 18.8 Å². The molecule has 1 aliphatic carbocycles. The molecule has 0 amide bonds. The molecular weight excluding hydrogens is 102 g/mol. The van der Waals surface area contributed by atoms with E-state index in [1.54, 1.807) is 0 Å². The highest BCUT2D eigenvalue weighted by Crippen LogP contribution is 2.26. The van der Waals surface area contributed by atoms with Crippen molar-refractivity contribution in [2.24, 2.45) is 11.1 Å². The Morgan fingerprint density at radius 3 is 2.75 bits per heavy atom. The van der Waals surface area contributed by atoms with Gasteiger partial charge in [-0.25, -0.2) is 0 Å². The first kappa shape index (κ1) is 5.60.